The van der Waals surface area contributed by atoms with E-state index < -0.39 is 0 Å². The predicted octanol–water partition coefficient (Wildman–Crippen LogP) is 4.44. The Morgan fingerprint density at radius 1 is 0.889 bits per heavy atom. The smallest absolute Gasteiger partial charge is 0.0348 e. The highest BCUT2D eigenvalue weighted by Gasteiger charge is 2.39. The minimum atomic E-state index is 0.727. The first-order valence-corrected chi connectivity index (χ1v) is 7.14. The van der Waals surface area contributed by atoms with Gasteiger partial charge in [-0.05, 0) is 54.0 Å². The molecule has 2 aliphatic rings. The number of hydrogen-bond acceptors (Lipinski definition) is 1. The third-order valence-electron chi connectivity index (χ3n) is 4.84. The van der Waals surface area contributed by atoms with Crippen molar-refractivity contribution >= 4 is 16.5 Å². The van der Waals surface area contributed by atoms with Crippen LogP contribution < -0.4 is 5.32 Å². The monoisotopic (exact) mass is 237 g/mol. The highest BCUT2D eigenvalue weighted by atomic mass is 14.9. The molecule has 0 amide bonds. The Bertz CT molecular complexity index is 575. The topological polar surface area (TPSA) is 12.0 Å². The van der Waals surface area contributed by atoms with Crippen molar-refractivity contribution in [2.45, 2.75) is 31.7 Å². The maximum absolute atomic E-state index is 3.76. The summed E-state index contributed by atoms with van der Waals surface area (Å²) in [4.78, 5) is 0. The van der Waals surface area contributed by atoms with Gasteiger partial charge >= 0.3 is 0 Å². The molecule has 2 saturated carbocycles. The van der Waals surface area contributed by atoms with Crippen molar-refractivity contribution < 1.29 is 0 Å². The van der Waals surface area contributed by atoms with Crippen molar-refractivity contribution in [2.24, 2.45) is 11.8 Å². The van der Waals surface area contributed by atoms with Gasteiger partial charge in [0.25, 0.3) is 0 Å². The fourth-order valence-corrected chi connectivity index (χ4v) is 3.91. The van der Waals surface area contributed by atoms with Gasteiger partial charge in [-0.15, -0.1) is 0 Å². The fourth-order valence-electron chi connectivity index (χ4n) is 3.91. The zero-order valence-corrected chi connectivity index (χ0v) is 10.6. The van der Waals surface area contributed by atoms with Crippen LogP contribution in [0.4, 0.5) is 5.69 Å². The highest BCUT2D eigenvalue weighted by Crippen LogP contribution is 2.45. The molecule has 4 rings (SSSR count). The summed E-state index contributed by atoms with van der Waals surface area (Å²) in [7, 11) is 0. The average molecular weight is 237 g/mol. The molecule has 1 nitrogen and oxygen atoms in total. The van der Waals surface area contributed by atoms with Gasteiger partial charge in [-0.25, -0.2) is 0 Å². The first-order valence-electron chi connectivity index (χ1n) is 7.14. The second-order valence-electron chi connectivity index (χ2n) is 5.99. The van der Waals surface area contributed by atoms with Gasteiger partial charge in [0.1, 0.15) is 0 Å². The average Bonchev–Trinajstić information content (AvgIpc) is 3.01. The number of rotatable bonds is 2. The summed E-state index contributed by atoms with van der Waals surface area (Å²) in [5, 5.41) is 6.43. The lowest BCUT2D eigenvalue weighted by Gasteiger charge is -2.24. The number of nitrogens with one attached hydrogen (secondary N) is 1. The molecule has 1 heteroatoms. The number of fused-ring (bicyclic) bond motifs is 3. The van der Waals surface area contributed by atoms with Crippen molar-refractivity contribution in [3.63, 3.8) is 0 Å². The van der Waals surface area contributed by atoms with E-state index in [0.717, 1.165) is 17.9 Å². The van der Waals surface area contributed by atoms with Crippen LogP contribution in [0.1, 0.15) is 25.7 Å². The van der Waals surface area contributed by atoms with E-state index in [9.17, 15) is 0 Å². The zero-order valence-electron chi connectivity index (χ0n) is 10.6. The third kappa shape index (κ3) is 1.69. The molecular formula is C17H19N. The molecule has 0 heterocycles. The summed E-state index contributed by atoms with van der Waals surface area (Å²) in [6.45, 7) is 0. The molecule has 2 aliphatic carbocycles. The van der Waals surface area contributed by atoms with Crippen molar-refractivity contribution in [1.29, 1.82) is 0 Å². The molecule has 0 radical (unpaired) electrons. The van der Waals surface area contributed by atoms with Crippen LogP contribution in [-0.4, -0.2) is 6.04 Å². The van der Waals surface area contributed by atoms with Gasteiger partial charge in [-0.1, -0.05) is 36.8 Å². The Balaban J connectivity index is 1.59. The van der Waals surface area contributed by atoms with Crippen molar-refractivity contribution in [3.8, 4) is 0 Å². The summed E-state index contributed by atoms with van der Waals surface area (Å²) in [6.07, 6.45) is 5.76. The number of hydrogen-bond donors (Lipinski definition) is 1. The molecule has 2 fully saturated rings. The van der Waals surface area contributed by atoms with Crippen LogP contribution in [0.2, 0.25) is 0 Å². The molecule has 92 valence electrons. The van der Waals surface area contributed by atoms with E-state index in [1.807, 2.05) is 0 Å². The first kappa shape index (κ1) is 10.4. The first-order chi connectivity index (χ1) is 8.88. The normalized spacial score (nSPS) is 29.9. The predicted molar refractivity (Wildman–Crippen MR) is 76.8 cm³/mol. The summed E-state index contributed by atoms with van der Waals surface area (Å²) in [5.74, 6) is 1.94. The SMILES string of the molecule is c1ccc2cc(NC3CC4CCC3C4)ccc2c1. The van der Waals surface area contributed by atoms with Crippen LogP contribution in [-0.2, 0) is 0 Å². The maximum atomic E-state index is 3.76. The molecule has 0 spiro atoms. The van der Waals surface area contributed by atoms with E-state index in [0.29, 0.717) is 0 Å². The molecule has 0 saturated heterocycles. The Morgan fingerprint density at radius 2 is 1.78 bits per heavy atom. The Hall–Kier alpha value is -1.50. The molecule has 0 aromatic heterocycles. The number of anilines is 1. The van der Waals surface area contributed by atoms with E-state index in [1.165, 1.54) is 42.1 Å². The van der Waals surface area contributed by atoms with Gasteiger partial charge in [0.05, 0.1) is 0 Å². The van der Waals surface area contributed by atoms with Crippen LogP contribution in [0.5, 0.6) is 0 Å². The summed E-state index contributed by atoms with van der Waals surface area (Å²) < 4.78 is 0. The van der Waals surface area contributed by atoms with Crippen LogP contribution in [0.25, 0.3) is 10.8 Å². The van der Waals surface area contributed by atoms with Crippen LogP contribution >= 0.6 is 0 Å². The molecule has 2 bridgehead atoms. The Morgan fingerprint density at radius 3 is 2.56 bits per heavy atom. The highest BCUT2D eigenvalue weighted by molar-refractivity contribution is 5.85. The maximum Gasteiger partial charge on any atom is 0.0348 e. The lowest BCUT2D eigenvalue weighted by atomic mass is 9.95. The van der Waals surface area contributed by atoms with E-state index in [4.69, 9.17) is 0 Å². The van der Waals surface area contributed by atoms with Crippen molar-refractivity contribution in [3.05, 3.63) is 42.5 Å². The summed E-state index contributed by atoms with van der Waals surface area (Å²) >= 11 is 0. The molecule has 2 aromatic carbocycles. The standard InChI is InChI=1S/C17H19N/c1-2-4-14-11-16(8-7-13(14)3-1)18-17-10-12-5-6-15(17)9-12/h1-4,7-8,11-12,15,17-18H,5-6,9-10H2. The lowest BCUT2D eigenvalue weighted by Crippen LogP contribution is -2.25. The molecule has 18 heavy (non-hydrogen) atoms. The van der Waals surface area contributed by atoms with Crippen LogP contribution in [0.15, 0.2) is 42.5 Å². The molecule has 3 atom stereocenters. The largest absolute Gasteiger partial charge is 0.382 e. The third-order valence-corrected chi connectivity index (χ3v) is 4.84. The van der Waals surface area contributed by atoms with Gasteiger partial charge < -0.3 is 5.32 Å². The minimum absolute atomic E-state index is 0.727. The quantitative estimate of drug-likeness (QED) is 0.814. The molecule has 2 aromatic rings. The van der Waals surface area contributed by atoms with E-state index in [1.54, 1.807) is 0 Å². The second kappa shape index (κ2) is 4.01. The van der Waals surface area contributed by atoms with E-state index in [-0.39, 0.29) is 0 Å². The number of benzene rings is 2. The molecule has 1 N–H and O–H groups in total. The molecule has 3 unspecified atom stereocenters. The van der Waals surface area contributed by atoms with Gasteiger partial charge in [0.15, 0.2) is 0 Å². The van der Waals surface area contributed by atoms with Crippen molar-refractivity contribution in [1.82, 2.24) is 0 Å². The van der Waals surface area contributed by atoms with Crippen LogP contribution in [0.3, 0.4) is 0 Å². The second-order valence-corrected chi connectivity index (χ2v) is 5.99. The van der Waals surface area contributed by atoms with E-state index >= 15 is 0 Å². The van der Waals surface area contributed by atoms with Gasteiger partial charge in [0, 0.05) is 11.7 Å². The summed E-state index contributed by atoms with van der Waals surface area (Å²) in [5.41, 5.74) is 1.30. The van der Waals surface area contributed by atoms with E-state index in [2.05, 4.69) is 47.8 Å². The fraction of sp³-hybridized carbons (Fsp3) is 0.412. The molecular weight excluding hydrogens is 218 g/mol. The minimum Gasteiger partial charge on any atom is -0.382 e. The van der Waals surface area contributed by atoms with Gasteiger partial charge in [-0.3, -0.25) is 0 Å². The molecule has 0 aliphatic heterocycles. The lowest BCUT2D eigenvalue weighted by molar-refractivity contribution is 0.440. The van der Waals surface area contributed by atoms with Crippen molar-refractivity contribution in [2.75, 3.05) is 5.32 Å². The van der Waals surface area contributed by atoms with Crippen LogP contribution in [0, 0.1) is 11.8 Å². The Labute approximate surface area is 108 Å². The zero-order chi connectivity index (χ0) is 11.9. The Kier molecular flexibility index (Phi) is 2.32. The van der Waals surface area contributed by atoms with Gasteiger partial charge in [-0.2, -0.15) is 0 Å². The van der Waals surface area contributed by atoms with Gasteiger partial charge in [0.2, 0.25) is 0 Å². The summed E-state index contributed by atoms with van der Waals surface area (Å²) in [6, 6.07) is 16.1.